The summed E-state index contributed by atoms with van der Waals surface area (Å²) in [6.45, 7) is 3.16. The van der Waals surface area contributed by atoms with Crippen molar-refractivity contribution in [3.8, 4) is 0 Å². The maximum absolute atomic E-state index is 4.06. The van der Waals surface area contributed by atoms with Gasteiger partial charge in [-0.15, -0.1) is 0 Å². The topological polar surface area (TPSA) is 21.1 Å². The molecule has 1 aliphatic rings. The van der Waals surface area contributed by atoms with Gasteiger partial charge in [0.05, 0.1) is 0 Å². The zero-order chi connectivity index (χ0) is 13.6. The summed E-state index contributed by atoms with van der Waals surface area (Å²) in [5, 5.41) is 0. The average molecular weight is 265 g/mol. The van der Waals surface area contributed by atoms with E-state index in [4.69, 9.17) is 0 Å². The Kier molecular flexibility index (Phi) is 3.97. The Hall–Kier alpha value is -2.29. The van der Waals surface area contributed by atoms with Crippen LogP contribution in [0.1, 0.15) is 12.0 Å². The highest BCUT2D eigenvalue weighted by Crippen LogP contribution is 2.18. The Labute approximate surface area is 119 Å². The second kappa shape index (κ2) is 6.24. The number of aryl methyl sites for hydroxylation is 1. The number of pyridine rings is 1. The fourth-order valence-electron chi connectivity index (χ4n) is 2.43. The van der Waals surface area contributed by atoms with Crippen molar-refractivity contribution >= 4 is 5.57 Å². The quantitative estimate of drug-likeness (QED) is 0.828. The summed E-state index contributed by atoms with van der Waals surface area (Å²) >= 11 is 0. The van der Waals surface area contributed by atoms with Crippen LogP contribution in [0.2, 0.25) is 0 Å². The fraction of sp³-hybridized carbons (Fsp3) is 0.235. The van der Waals surface area contributed by atoms with Crippen LogP contribution in [0.15, 0.2) is 67.4 Å². The minimum Gasteiger partial charge on any atom is -0.374 e. The third kappa shape index (κ3) is 3.18. The Balaban J connectivity index is 1.49. The van der Waals surface area contributed by atoms with Crippen LogP contribution >= 0.6 is 0 Å². The van der Waals surface area contributed by atoms with Gasteiger partial charge in [-0.3, -0.25) is 4.98 Å². The lowest BCUT2D eigenvalue weighted by atomic mass is 10.1. The van der Waals surface area contributed by atoms with Crippen molar-refractivity contribution in [2.45, 2.75) is 13.0 Å². The van der Waals surface area contributed by atoms with Crippen LogP contribution in [-0.4, -0.2) is 27.5 Å². The Morgan fingerprint density at radius 3 is 2.55 bits per heavy atom. The molecule has 102 valence electrons. The highest BCUT2D eigenvalue weighted by molar-refractivity contribution is 5.74. The average Bonchev–Trinajstić information content (AvgIpc) is 3.02. The molecular formula is C17H19N3. The summed E-state index contributed by atoms with van der Waals surface area (Å²) in [5.74, 6) is 0. The third-order valence-electron chi connectivity index (χ3n) is 3.55. The van der Waals surface area contributed by atoms with Gasteiger partial charge in [-0.05, 0) is 54.1 Å². The first kappa shape index (κ1) is 12.7. The van der Waals surface area contributed by atoms with Gasteiger partial charge in [0.25, 0.3) is 0 Å². The van der Waals surface area contributed by atoms with E-state index in [2.05, 4.69) is 69.5 Å². The third-order valence-corrected chi connectivity index (χ3v) is 3.55. The Morgan fingerprint density at radius 1 is 1.05 bits per heavy atom. The van der Waals surface area contributed by atoms with Crippen LogP contribution in [0.5, 0.6) is 0 Å². The van der Waals surface area contributed by atoms with Crippen molar-refractivity contribution in [2.75, 3.05) is 13.1 Å². The van der Waals surface area contributed by atoms with Crippen LogP contribution in [0.25, 0.3) is 5.57 Å². The van der Waals surface area contributed by atoms with Gasteiger partial charge in [0.1, 0.15) is 0 Å². The summed E-state index contributed by atoms with van der Waals surface area (Å²) in [6.07, 6.45) is 15.8. The van der Waals surface area contributed by atoms with E-state index in [1.165, 1.54) is 11.1 Å². The molecular weight excluding hydrogens is 246 g/mol. The molecule has 1 aliphatic heterocycles. The SMILES string of the molecule is C1=CN(CCCn2cccc2)CC=C1c1ccncc1. The number of rotatable bonds is 5. The molecule has 0 spiro atoms. The van der Waals surface area contributed by atoms with E-state index in [1.54, 1.807) is 0 Å². The molecule has 0 unspecified atom stereocenters. The van der Waals surface area contributed by atoms with E-state index in [0.717, 1.165) is 26.1 Å². The van der Waals surface area contributed by atoms with E-state index in [0.29, 0.717) is 0 Å². The molecule has 0 N–H and O–H groups in total. The number of nitrogens with zero attached hydrogens (tertiary/aromatic N) is 3. The first-order valence-corrected chi connectivity index (χ1v) is 7.05. The van der Waals surface area contributed by atoms with Gasteiger partial charge in [-0.2, -0.15) is 0 Å². The fourth-order valence-corrected chi connectivity index (χ4v) is 2.43. The van der Waals surface area contributed by atoms with Crippen molar-refractivity contribution in [1.29, 1.82) is 0 Å². The summed E-state index contributed by atoms with van der Waals surface area (Å²) in [5.41, 5.74) is 2.53. The molecule has 0 saturated heterocycles. The number of aromatic nitrogens is 2. The zero-order valence-electron chi connectivity index (χ0n) is 11.5. The number of allylic oxidation sites excluding steroid dienone is 2. The summed E-state index contributed by atoms with van der Waals surface area (Å²) in [7, 11) is 0. The number of hydrogen-bond acceptors (Lipinski definition) is 2. The normalized spacial score (nSPS) is 14.4. The van der Waals surface area contributed by atoms with Gasteiger partial charge in [0, 0.05) is 44.4 Å². The lowest BCUT2D eigenvalue weighted by Gasteiger charge is -2.22. The van der Waals surface area contributed by atoms with Crippen LogP contribution in [0.4, 0.5) is 0 Å². The smallest absolute Gasteiger partial charge is 0.0363 e. The standard InChI is InChI=1S/C17H19N3/c1-2-11-19(10-1)12-3-13-20-14-6-17(7-15-20)16-4-8-18-9-5-16/h1-2,4-11,14H,3,12-13,15H2. The van der Waals surface area contributed by atoms with Crippen LogP contribution in [0.3, 0.4) is 0 Å². The molecule has 0 fully saturated rings. The van der Waals surface area contributed by atoms with Gasteiger partial charge in [0.15, 0.2) is 0 Å². The molecule has 0 atom stereocenters. The maximum atomic E-state index is 4.06. The van der Waals surface area contributed by atoms with E-state index in [9.17, 15) is 0 Å². The highest BCUT2D eigenvalue weighted by atomic mass is 15.1. The van der Waals surface area contributed by atoms with Gasteiger partial charge < -0.3 is 9.47 Å². The van der Waals surface area contributed by atoms with Crippen LogP contribution in [-0.2, 0) is 6.54 Å². The Morgan fingerprint density at radius 2 is 1.85 bits per heavy atom. The highest BCUT2D eigenvalue weighted by Gasteiger charge is 2.05. The van der Waals surface area contributed by atoms with Gasteiger partial charge in [-0.25, -0.2) is 0 Å². The molecule has 0 saturated carbocycles. The van der Waals surface area contributed by atoms with Crippen LogP contribution in [0, 0.1) is 0 Å². The van der Waals surface area contributed by atoms with Gasteiger partial charge in [-0.1, -0.05) is 6.08 Å². The molecule has 3 heterocycles. The molecule has 3 nitrogen and oxygen atoms in total. The van der Waals surface area contributed by atoms with E-state index >= 15 is 0 Å². The predicted molar refractivity (Wildman–Crippen MR) is 82.0 cm³/mol. The predicted octanol–water partition coefficient (Wildman–Crippen LogP) is 3.19. The molecule has 2 aromatic rings. The van der Waals surface area contributed by atoms with E-state index in [-0.39, 0.29) is 0 Å². The monoisotopic (exact) mass is 265 g/mol. The molecule has 0 amide bonds. The Bertz CT molecular complexity index is 582. The molecule has 20 heavy (non-hydrogen) atoms. The summed E-state index contributed by atoms with van der Waals surface area (Å²) in [6, 6.07) is 8.25. The molecule has 2 aromatic heterocycles. The summed E-state index contributed by atoms with van der Waals surface area (Å²) < 4.78 is 2.23. The second-order valence-electron chi connectivity index (χ2n) is 4.98. The maximum Gasteiger partial charge on any atom is 0.0363 e. The molecule has 0 aromatic carbocycles. The van der Waals surface area contributed by atoms with Crippen molar-refractivity contribution in [3.05, 3.63) is 73.0 Å². The minimum absolute atomic E-state index is 0.986. The van der Waals surface area contributed by atoms with E-state index in [1.807, 2.05) is 12.4 Å². The molecule has 0 aliphatic carbocycles. The minimum atomic E-state index is 0.986. The van der Waals surface area contributed by atoms with Crippen molar-refractivity contribution in [1.82, 2.24) is 14.5 Å². The van der Waals surface area contributed by atoms with Crippen molar-refractivity contribution in [3.63, 3.8) is 0 Å². The van der Waals surface area contributed by atoms with Crippen LogP contribution < -0.4 is 0 Å². The van der Waals surface area contributed by atoms with Gasteiger partial charge in [0.2, 0.25) is 0 Å². The van der Waals surface area contributed by atoms with Gasteiger partial charge >= 0.3 is 0 Å². The largest absolute Gasteiger partial charge is 0.374 e. The first-order valence-electron chi connectivity index (χ1n) is 7.05. The first-order chi connectivity index (χ1) is 9.92. The summed E-state index contributed by atoms with van der Waals surface area (Å²) in [4.78, 5) is 6.41. The molecule has 3 heteroatoms. The number of hydrogen-bond donors (Lipinski definition) is 0. The van der Waals surface area contributed by atoms with Crippen molar-refractivity contribution < 1.29 is 0 Å². The lowest BCUT2D eigenvalue weighted by molar-refractivity contribution is 0.390. The molecule has 0 radical (unpaired) electrons. The van der Waals surface area contributed by atoms with E-state index < -0.39 is 0 Å². The van der Waals surface area contributed by atoms with Crippen molar-refractivity contribution in [2.24, 2.45) is 0 Å². The zero-order valence-corrected chi connectivity index (χ0v) is 11.5. The second-order valence-corrected chi connectivity index (χ2v) is 4.98. The molecule has 0 bridgehead atoms. The molecule has 3 rings (SSSR count). The lowest BCUT2D eigenvalue weighted by Crippen LogP contribution is -2.21.